The molecule has 2 N–H and O–H groups in total. The molecule has 4 heterocycles. The summed E-state index contributed by atoms with van der Waals surface area (Å²) >= 11 is 13.9. The van der Waals surface area contributed by atoms with Crippen molar-refractivity contribution in [3.8, 4) is 0 Å². The number of pyridine rings is 1. The van der Waals surface area contributed by atoms with Crippen molar-refractivity contribution in [3.63, 3.8) is 0 Å². The van der Waals surface area contributed by atoms with Crippen LogP contribution in [-0.2, 0) is 24.8 Å². The number of carbonyl (C=O) groups is 1. The van der Waals surface area contributed by atoms with Gasteiger partial charge in [0.05, 0.1) is 4.47 Å². The molecule has 0 spiro atoms. The molecule has 2 aromatic heterocycles. The molecule has 10 nitrogen and oxygen atoms in total. The highest BCUT2D eigenvalue weighted by Crippen LogP contribution is 2.37. The van der Waals surface area contributed by atoms with Crippen LogP contribution in [0.25, 0.3) is 0 Å². The fourth-order valence-corrected chi connectivity index (χ4v) is 11.4. The third-order valence-electron chi connectivity index (χ3n) is 7.96. The van der Waals surface area contributed by atoms with E-state index >= 15 is 0 Å². The summed E-state index contributed by atoms with van der Waals surface area (Å²) in [7, 11) is -7.57. The molecule has 0 atom stereocenters. The number of nitrogens with one attached hydrogen (secondary N) is 1. The van der Waals surface area contributed by atoms with Crippen LogP contribution in [0.15, 0.2) is 36.4 Å². The topological polar surface area (TPSA) is 137 Å². The number of sulfonamides is 2. The molecule has 0 aromatic carbocycles. The fourth-order valence-electron chi connectivity index (χ4n) is 5.38. The van der Waals surface area contributed by atoms with Crippen LogP contribution < -0.4 is 9.62 Å². The lowest BCUT2D eigenvalue weighted by molar-refractivity contribution is -0.142. The molecule has 0 saturated carbocycles. The molecule has 2 saturated heterocycles. The highest BCUT2D eigenvalue weighted by atomic mass is 79.9. The van der Waals surface area contributed by atoms with E-state index in [1.54, 1.807) is 10.4 Å². The van der Waals surface area contributed by atoms with Gasteiger partial charge in [0.15, 0.2) is 0 Å². The van der Waals surface area contributed by atoms with Gasteiger partial charge in [-0.15, -0.1) is 11.3 Å². The van der Waals surface area contributed by atoms with Crippen LogP contribution in [0.2, 0.25) is 4.34 Å². The van der Waals surface area contributed by atoms with E-state index in [0.29, 0.717) is 44.0 Å². The SMILES string of the molecule is CC(C)(NS(=O)(=O)c1cnc(N2CCC(CCCC3CCN(S(=O)(=O)c4cc(Br)c(Cl)s4)CC3)CC2)c(Br)c1)C(=O)O. The monoisotopic (exact) mass is 788 g/mol. The smallest absolute Gasteiger partial charge is 0.324 e. The van der Waals surface area contributed by atoms with Crippen LogP contribution >= 0.6 is 54.8 Å². The van der Waals surface area contributed by atoms with E-state index in [4.69, 9.17) is 11.6 Å². The van der Waals surface area contributed by atoms with Crippen LogP contribution in [0.5, 0.6) is 0 Å². The number of thiophene rings is 1. The van der Waals surface area contributed by atoms with Gasteiger partial charge in [-0.1, -0.05) is 30.9 Å². The molecule has 234 valence electrons. The van der Waals surface area contributed by atoms with Gasteiger partial charge in [0.25, 0.3) is 10.0 Å². The number of halogens is 3. The highest BCUT2D eigenvalue weighted by Gasteiger charge is 2.34. The zero-order valence-corrected chi connectivity index (χ0v) is 29.7. The van der Waals surface area contributed by atoms with Crippen LogP contribution in [0.4, 0.5) is 5.82 Å². The third kappa shape index (κ3) is 8.06. The van der Waals surface area contributed by atoms with Crippen LogP contribution in [0.1, 0.15) is 58.8 Å². The van der Waals surface area contributed by atoms with Crippen LogP contribution in [0.3, 0.4) is 0 Å². The molecular formula is C26H35Br2ClN4O6S3. The van der Waals surface area contributed by atoms with E-state index in [0.717, 1.165) is 69.4 Å². The van der Waals surface area contributed by atoms with Crippen molar-refractivity contribution in [2.24, 2.45) is 11.8 Å². The number of hydrogen-bond donors (Lipinski definition) is 2. The first-order valence-electron chi connectivity index (χ1n) is 13.7. The fraction of sp³-hybridized carbons (Fsp3) is 0.615. The van der Waals surface area contributed by atoms with E-state index in [9.17, 15) is 26.7 Å². The number of rotatable bonds is 11. The number of aliphatic carboxylic acids is 1. The summed E-state index contributed by atoms with van der Waals surface area (Å²) in [6.07, 6.45) is 8.36. The number of anilines is 1. The van der Waals surface area contributed by atoms with Gasteiger partial charge in [-0.05, 0) is 95.4 Å². The Hall–Kier alpha value is -0.810. The van der Waals surface area contributed by atoms with Gasteiger partial charge >= 0.3 is 5.97 Å². The lowest BCUT2D eigenvalue weighted by Gasteiger charge is -2.34. The second-order valence-electron chi connectivity index (χ2n) is 11.4. The quantitative estimate of drug-likeness (QED) is 0.285. The van der Waals surface area contributed by atoms with Gasteiger partial charge in [-0.2, -0.15) is 9.03 Å². The average molecular weight is 791 g/mol. The van der Waals surface area contributed by atoms with Gasteiger partial charge < -0.3 is 10.0 Å². The summed E-state index contributed by atoms with van der Waals surface area (Å²) in [4.78, 5) is 17.8. The average Bonchev–Trinajstić information content (AvgIpc) is 3.27. The Balaban J connectivity index is 1.21. The summed E-state index contributed by atoms with van der Waals surface area (Å²) in [5.74, 6) is 0.525. The molecule has 0 aliphatic carbocycles. The standard InChI is InChI=1S/C26H35Br2ClN4O6S3/c1-26(2,25(34)35)31-41(36,37)19-14-21(28)24(30-16-19)32-10-6-17(7-11-32)4-3-5-18-8-12-33(13-9-18)42(38,39)22-15-20(27)23(29)40-22/h14-18,31H,3-13H2,1-2H3,(H,34,35). The molecule has 2 aliphatic rings. The molecule has 0 radical (unpaired) electrons. The van der Waals surface area contributed by atoms with Gasteiger partial charge in [0, 0.05) is 36.8 Å². The van der Waals surface area contributed by atoms with Gasteiger partial charge in [0.1, 0.15) is 24.8 Å². The van der Waals surface area contributed by atoms with Crippen molar-refractivity contribution in [1.29, 1.82) is 0 Å². The molecule has 42 heavy (non-hydrogen) atoms. The Morgan fingerprint density at radius 1 is 1.05 bits per heavy atom. The lowest BCUT2D eigenvalue weighted by atomic mass is 9.87. The molecular weight excluding hydrogens is 756 g/mol. The Morgan fingerprint density at radius 2 is 1.62 bits per heavy atom. The second-order valence-corrected chi connectivity index (χ2v) is 18.6. The Kier molecular flexibility index (Phi) is 11.1. The zero-order valence-electron chi connectivity index (χ0n) is 23.4. The number of carboxylic acid groups (broad SMARTS) is 1. The summed E-state index contributed by atoms with van der Waals surface area (Å²) in [6, 6.07) is 3.04. The Labute approximate surface area is 273 Å². The van der Waals surface area contributed by atoms with Gasteiger partial charge in [-0.3, -0.25) is 4.79 Å². The molecule has 2 aromatic rings. The first-order valence-corrected chi connectivity index (χ1v) is 19.4. The van der Waals surface area contributed by atoms with Crippen molar-refractivity contribution in [2.75, 3.05) is 31.1 Å². The molecule has 0 amide bonds. The number of hydrogen-bond acceptors (Lipinski definition) is 8. The number of carboxylic acids is 1. The maximum atomic E-state index is 13.0. The largest absolute Gasteiger partial charge is 0.480 e. The maximum absolute atomic E-state index is 13.0. The Bertz CT molecular complexity index is 1480. The molecule has 16 heteroatoms. The zero-order chi connectivity index (χ0) is 30.9. The molecule has 4 rings (SSSR count). The predicted molar refractivity (Wildman–Crippen MR) is 171 cm³/mol. The highest BCUT2D eigenvalue weighted by molar-refractivity contribution is 9.11. The third-order valence-corrected chi connectivity index (χ3v) is 15.0. The van der Waals surface area contributed by atoms with E-state index in [2.05, 4.69) is 46.5 Å². The van der Waals surface area contributed by atoms with Crippen molar-refractivity contribution in [1.82, 2.24) is 14.0 Å². The second kappa shape index (κ2) is 13.7. The van der Waals surface area contributed by atoms with Gasteiger partial charge in [-0.25, -0.2) is 21.8 Å². The lowest BCUT2D eigenvalue weighted by Crippen LogP contribution is -2.49. The van der Waals surface area contributed by atoms with Crippen molar-refractivity contribution in [2.45, 2.75) is 73.4 Å². The van der Waals surface area contributed by atoms with Crippen molar-refractivity contribution in [3.05, 3.63) is 31.6 Å². The molecule has 2 fully saturated rings. The molecule has 0 unspecified atom stereocenters. The van der Waals surface area contributed by atoms with Crippen LogP contribution in [0, 0.1) is 11.8 Å². The van der Waals surface area contributed by atoms with E-state index in [1.807, 2.05) is 0 Å². The number of piperidine rings is 2. The van der Waals surface area contributed by atoms with Crippen molar-refractivity contribution >= 4 is 86.6 Å². The number of nitrogens with zero attached hydrogens (tertiary/aromatic N) is 3. The van der Waals surface area contributed by atoms with E-state index < -0.39 is 31.6 Å². The van der Waals surface area contributed by atoms with E-state index in [1.165, 1.54) is 26.1 Å². The van der Waals surface area contributed by atoms with E-state index in [-0.39, 0.29) is 9.10 Å². The summed E-state index contributed by atoms with van der Waals surface area (Å²) in [5.41, 5.74) is -1.65. The minimum Gasteiger partial charge on any atom is -0.480 e. The summed E-state index contributed by atoms with van der Waals surface area (Å²) < 4.78 is 57.0. The van der Waals surface area contributed by atoms with Crippen molar-refractivity contribution < 1.29 is 26.7 Å². The molecule has 0 bridgehead atoms. The first kappa shape index (κ1) is 34.1. The maximum Gasteiger partial charge on any atom is 0.324 e. The summed E-state index contributed by atoms with van der Waals surface area (Å²) in [6.45, 7) is 5.26. The predicted octanol–water partition coefficient (Wildman–Crippen LogP) is 5.95. The minimum atomic E-state index is -4.07. The van der Waals surface area contributed by atoms with Gasteiger partial charge in [0.2, 0.25) is 10.0 Å². The van der Waals surface area contributed by atoms with Crippen LogP contribution in [-0.4, -0.2) is 68.9 Å². The normalized spacial score (nSPS) is 18.5. The summed E-state index contributed by atoms with van der Waals surface area (Å²) in [5, 5.41) is 9.26. The Morgan fingerprint density at radius 3 is 2.12 bits per heavy atom. The minimum absolute atomic E-state index is 0.102. The molecule has 2 aliphatic heterocycles. The first-order chi connectivity index (χ1) is 19.6. The number of aromatic nitrogens is 1.